The van der Waals surface area contributed by atoms with Crippen molar-refractivity contribution >= 4 is 11.6 Å². The summed E-state index contributed by atoms with van der Waals surface area (Å²) in [5.41, 5.74) is 1.29. The maximum atomic E-state index is 12.5. The van der Waals surface area contributed by atoms with Crippen LogP contribution < -0.4 is 9.64 Å². The summed E-state index contributed by atoms with van der Waals surface area (Å²) in [5, 5.41) is 10.3. The highest BCUT2D eigenvalue weighted by molar-refractivity contribution is 5.97. The van der Waals surface area contributed by atoms with Crippen LogP contribution in [0.3, 0.4) is 0 Å². The maximum Gasteiger partial charge on any atom is 0.260 e. The third-order valence-corrected chi connectivity index (χ3v) is 3.29. The molecule has 1 unspecified atom stereocenters. The lowest BCUT2D eigenvalue weighted by Crippen LogP contribution is -2.35. The molecule has 4 heteroatoms. The van der Waals surface area contributed by atoms with Crippen molar-refractivity contribution in [2.24, 2.45) is 0 Å². The van der Waals surface area contributed by atoms with Crippen LogP contribution in [0.5, 0.6) is 5.75 Å². The van der Waals surface area contributed by atoms with Crippen LogP contribution in [0, 0.1) is 0 Å². The van der Waals surface area contributed by atoms with Gasteiger partial charge in [-0.05, 0) is 36.8 Å². The fourth-order valence-electron chi connectivity index (χ4n) is 2.18. The smallest absolute Gasteiger partial charge is 0.260 e. The van der Waals surface area contributed by atoms with Crippen LogP contribution >= 0.6 is 0 Å². The van der Waals surface area contributed by atoms with Crippen molar-refractivity contribution in [3.8, 4) is 5.75 Å². The summed E-state index contributed by atoms with van der Waals surface area (Å²) < 4.78 is 5.12. The fraction of sp³-hybridized carbons (Fsp3) is 0.235. The quantitative estimate of drug-likeness (QED) is 0.919. The Bertz CT molecular complexity index is 598. The number of carbonyl (C=O) groups excluding carboxylic acids is 1. The van der Waals surface area contributed by atoms with Gasteiger partial charge in [0.2, 0.25) is 0 Å². The van der Waals surface area contributed by atoms with Gasteiger partial charge in [0.15, 0.2) is 6.10 Å². The highest BCUT2D eigenvalue weighted by Gasteiger charge is 2.24. The maximum absolute atomic E-state index is 12.5. The molecule has 4 nitrogen and oxygen atoms in total. The van der Waals surface area contributed by atoms with Crippen molar-refractivity contribution < 1.29 is 14.6 Å². The Labute approximate surface area is 124 Å². The number of rotatable bonds is 5. The van der Waals surface area contributed by atoms with E-state index in [0.29, 0.717) is 17.9 Å². The largest absolute Gasteiger partial charge is 0.497 e. The zero-order valence-corrected chi connectivity index (χ0v) is 12.2. The summed E-state index contributed by atoms with van der Waals surface area (Å²) in [7, 11) is 1.55. The van der Waals surface area contributed by atoms with E-state index in [-0.39, 0.29) is 5.91 Å². The number of nitrogens with zero attached hydrogens (tertiary/aromatic N) is 1. The molecule has 110 valence electrons. The van der Waals surface area contributed by atoms with Crippen LogP contribution in [0.15, 0.2) is 54.6 Å². The predicted molar refractivity (Wildman–Crippen MR) is 82.4 cm³/mol. The van der Waals surface area contributed by atoms with Gasteiger partial charge in [0.1, 0.15) is 5.75 Å². The second-order valence-electron chi connectivity index (χ2n) is 4.60. The summed E-state index contributed by atoms with van der Waals surface area (Å²) in [6.07, 6.45) is -1.21. The Hall–Kier alpha value is -2.33. The van der Waals surface area contributed by atoms with Gasteiger partial charge in [0.25, 0.3) is 5.91 Å². The molecule has 0 aliphatic heterocycles. The number of ether oxygens (including phenoxy) is 1. The molecule has 0 fully saturated rings. The number of aliphatic hydroxyl groups excluding tert-OH is 1. The average molecular weight is 285 g/mol. The SMILES string of the molecule is CCN(C(=O)C(O)c1cccc(OC)c1)c1ccccc1. The lowest BCUT2D eigenvalue weighted by molar-refractivity contribution is -0.126. The monoisotopic (exact) mass is 285 g/mol. The molecule has 21 heavy (non-hydrogen) atoms. The van der Waals surface area contributed by atoms with Crippen molar-refractivity contribution in [2.45, 2.75) is 13.0 Å². The molecule has 1 atom stereocenters. The predicted octanol–water partition coefficient (Wildman–Crippen LogP) is 2.78. The number of carbonyl (C=O) groups is 1. The Morgan fingerprint density at radius 2 is 1.90 bits per heavy atom. The summed E-state index contributed by atoms with van der Waals surface area (Å²) in [5.74, 6) is 0.263. The Morgan fingerprint density at radius 3 is 2.52 bits per heavy atom. The van der Waals surface area contributed by atoms with E-state index < -0.39 is 6.10 Å². The van der Waals surface area contributed by atoms with E-state index in [4.69, 9.17) is 4.74 Å². The number of likely N-dealkylation sites (N-methyl/N-ethyl adjacent to an activating group) is 1. The van der Waals surface area contributed by atoms with E-state index in [0.717, 1.165) is 5.69 Å². The minimum atomic E-state index is -1.21. The highest BCUT2D eigenvalue weighted by Crippen LogP contribution is 2.23. The molecular weight excluding hydrogens is 266 g/mol. The third-order valence-electron chi connectivity index (χ3n) is 3.29. The summed E-state index contributed by atoms with van der Waals surface area (Å²) >= 11 is 0. The molecule has 0 saturated heterocycles. The number of benzene rings is 2. The molecule has 1 N–H and O–H groups in total. The number of anilines is 1. The topological polar surface area (TPSA) is 49.8 Å². The summed E-state index contributed by atoms with van der Waals surface area (Å²) in [6.45, 7) is 2.37. The first-order valence-corrected chi connectivity index (χ1v) is 6.85. The lowest BCUT2D eigenvalue weighted by Gasteiger charge is -2.24. The van der Waals surface area contributed by atoms with Gasteiger partial charge in [-0.15, -0.1) is 0 Å². The Morgan fingerprint density at radius 1 is 1.19 bits per heavy atom. The van der Waals surface area contributed by atoms with Crippen LogP contribution in [-0.4, -0.2) is 24.7 Å². The molecule has 0 aliphatic carbocycles. The average Bonchev–Trinajstić information content (AvgIpc) is 2.55. The van der Waals surface area contributed by atoms with Crippen molar-refractivity contribution in [3.63, 3.8) is 0 Å². The molecule has 0 saturated carbocycles. The van der Waals surface area contributed by atoms with Gasteiger partial charge in [-0.25, -0.2) is 0 Å². The third kappa shape index (κ3) is 3.41. The zero-order valence-electron chi connectivity index (χ0n) is 12.2. The van der Waals surface area contributed by atoms with Gasteiger partial charge in [-0.1, -0.05) is 30.3 Å². The van der Waals surface area contributed by atoms with E-state index in [2.05, 4.69) is 0 Å². The highest BCUT2D eigenvalue weighted by atomic mass is 16.5. The molecule has 0 aromatic heterocycles. The van der Waals surface area contributed by atoms with Gasteiger partial charge in [0, 0.05) is 12.2 Å². The number of hydrogen-bond acceptors (Lipinski definition) is 3. The van der Waals surface area contributed by atoms with Gasteiger partial charge in [-0.3, -0.25) is 4.79 Å². The van der Waals surface area contributed by atoms with Crippen molar-refractivity contribution in [2.75, 3.05) is 18.6 Å². The molecule has 2 aromatic rings. The van der Waals surface area contributed by atoms with Crippen LogP contribution in [0.4, 0.5) is 5.69 Å². The van der Waals surface area contributed by atoms with Crippen LogP contribution in [0.2, 0.25) is 0 Å². The number of methoxy groups -OCH3 is 1. The van der Waals surface area contributed by atoms with E-state index in [9.17, 15) is 9.90 Å². The fourth-order valence-corrected chi connectivity index (χ4v) is 2.18. The van der Waals surface area contributed by atoms with Gasteiger partial charge >= 0.3 is 0 Å². The first-order valence-electron chi connectivity index (χ1n) is 6.85. The lowest BCUT2D eigenvalue weighted by atomic mass is 10.1. The van der Waals surface area contributed by atoms with Gasteiger partial charge in [0.05, 0.1) is 7.11 Å². The molecule has 1 amide bonds. The second kappa shape index (κ2) is 6.90. The Kier molecular flexibility index (Phi) is 4.95. The van der Waals surface area contributed by atoms with E-state index in [1.165, 1.54) is 0 Å². The number of para-hydroxylation sites is 1. The van der Waals surface area contributed by atoms with Crippen molar-refractivity contribution in [1.29, 1.82) is 0 Å². The number of amides is 1. The van der Waals surface area contributed by atoms with Crippen LogP contribution in [0.25, 0.3) is 0 Å². The van der Waals surface area contributed by atoms with Crippen LogP contribution in [-0.2, 0) is 4.79 Å². The summed E-state index contributed by atoms with van der Waals surface area (Å²) in [4.78, 5) is 14.1. The zero-order chi connectivity index (χ0) is 15.2. The first-order chi connectivity index (χ1) is 10.2. The molecule has 0 radical (unpaired) electrons. The van der Waals surface area contributed by atoms with E-state index in [1.807, 2.05) is 37.3 Å². The minimum absolute atomic E-state index is 0.350. The molecule has 0 aliphatic rings. The number of hydrogen-bond donors (Lipinski definition) is 1. The molecule has 2 rings (SSSR count). The molecule has 0 heterocycles. The summed E-state index contributed by atoms with van der Waals surface area (Å²) in [6, 6.07) is 16.2. The van der Waals surface area contributed by atoms with Crippen molar-refractivity contribution in [1.82, 2.24) is 0 Å². The van der Waals surface area contributed by atoms with E-state index in [1.54, 1.807) is 36.3 Å². The van der Waals surface area contributed by atoms with E-state index >= 15 is 0 Å². The molecule has 0 bridgehead atoms. The normalized spacial score (nSPS) is 11.8. The molecule has 2 aromatic carbocycles. The minimum Gasteiger partial charge on any atom is -0.497 e. The van der Waals surface area contributed by atoms with Gasteiger partial charge < -0.3 is 14.7 Å². The first kappa shape index (κ1) is 15.1. The van der Waals surface area contributed by atoms with Crippen molar-refractivity contribution in [3.05, 3.63) is 60.2 Å². The Balaban J connectivity index is 2.24. The second-order valence-corrected chi connectivity index (χ2v) is 4.60. The van der Waals surface area contributed by atoms with Crippen LogP contribution in [0.1, 0.15) is 18.6 Å². The molecule has 0 spiro atoms. The molecular formula is C17H19NO3. The van der Waals surface area contributed by atoms with Gasteiger partial charge in [-0.2, -0.15) is 0 Å². The standard InChI is InChI=1S/C17H19NO3/c1-3-18(14-9-5-4-6-10-14)17(20)16(19)13-8-7-11-15(12-13)21-2/h4-12,16,19H,3H2,1-2H3. The number of aliphatic hydroxyl groups is 1.